The summed E-state index contributed by atoms with van der Waals surface area (Å²) in [4.78, 5) is 14.1. The van der Waals surface area contributed by atoms with E-state index in [1.165, 1.54) is 0 Å². The van der Waals surface area contributed by atoms with E-state index in [4.69, 9.17) is 4.74 Å². The third-order valence-electron chi connectivity index (χ3n) is 3.92. The van der Waals surface area contributed by atoms with E-state index in [0.29, 0.717) is 13.2 Å². The van der Waals surface area contributed by atoms with Gasteiger partial charge in [-0.3, -0.25) is 4.90 Å². The van der Waals surface area contributed by atoms with Crippen LogP contribution in [0.2, 0.25) is 0 Å². The van der Waals surface area contributed by atoms with Crippen molar-refractivity contribution in [3.05, 3.63) is 89.6 Å². The van der Waals surface area contributed by atoms with Crippen molar-refractivity contribution in [1.82, 2.24) is 4.90 Å². The minimum Gasteiger partial charge on any atom is -0.444 e. The number of carbonyl (C=O) groups excluding carboxylic acids is 1. The van der Waals surface area contributed by atoms with Crippen LogP contribution in [0.25, 0.3) is 6.08 Å². The molecule has 0 saturated carbocycles. The number of hydrogen-bond acceptors (Lipinski definition) is 2. The Hall–Kier alpha value is -2.81. The molecule has 3 heteroatoms. The summed E-state index contributed by atoms with van der Waals surface area (Å²) in [6.45, 7) is 0.991. The molecule has 1 aliphatic rings. The molecule has 0 saturated heterocycles. The molecule has 3 nitrogen and oxygen atoms in total. The van der Waals surface area contributed by atoms with Gasteiger partial charge in [-0.15, -0.1) is 0 Å². The fourth-order valence-electron chi connectivity index (χ4n) is 2.64. The van der Waals surface area contributed by atoms with Crippen molar-refractivity contribution in [2.45, 2.75) is 19.4 Å². The van der Waals surface area contributed by atoms with Crippen LogP contribution < -0.4 is 0 Å². The van der Waals surface area contributed by atoms with Crippen LogP contribution in [0.1, 0.15) is 24.0 Å². The molecule has 2 aromatic rings. The van der Waals surface area contributed by atoms with Gasteiger partial charge in [-0.25, -0.2) is 4.79 Å². The molecule has 0 aliphatic carbocycles. The standard InChI is InChI=1S/C21H21NO2/c23-21(24-17-19-11-5-2-6-12-19)22-16-8-7-13-20(22)15-14-18-9-3-1-4-10-18/h1-6,9-15H,7-8,16-17H2/b15-14+. The van der Waals surface area contributed by atoms with Gasteiger partial charge in [0.05, 0.1) is 0 Å². The first-order chi connectivity index (χ1) is 11.8. The fourth-order valence-corrected chi connectivity index (χ4v) is 2.64. The first kappa shape index (κ1) is 16.1. The molecule has 1 amide bonds. The van der Waals surface area contributed by atoms with Gasteiger partial charge in [-0.05, 0) is 30.0 Å². The van der Waals surface area contributed by atoms with E-state index >= 15 is 0 Å². The zero-order valence-corrected chi connectivity index (χ0v) is 13.6. The molecule has 24 heavy (non-hydrogen) atoms. The summed E-state index contributed by atoms with van der Waals surface area (Å²) in [5.74, 6) is 0. The Kier molecular flexibility index (Phi) is 5.46. The van der Waals surface area contributed by atoms with Crippen LogP contribution in [-0.2, 0) is 11.3 Å². The number of allylic oxidation sites excluding steroid dienone is 2. The molecule has 2 aromatic carbocycles. The van der Waals surface area contributed by atoms with E-state index in [-0.39, 0.29) is 6.09 Å². The largest absolute Gasteiger partial charge is 0.444 e. The fraction of sp³-hybridized carbons (Fsp3) is 0.190. The van der Waals surface area contributed by atoms with Gasteiger partial charge in [0.1, 0.15) is 6.61 Å². The van der Waals surface area contributed by atoms with Gasteiger partial charge in [0.2, 0.25) is 0 Å². The normalized spacial score (nSPS) is 14.5. The lowest BCUT2D eigenvalue weighted by Gasteiger charge is -2.26. The Bertz CT molecular complexity index is 720. The minimum absolute atomic E-state index is 0.289. The van der Waals surface area contributed by atoms with Gasteiger partial charge >= 0.3 is 6.09 Å². The van der Waals surface area contributed by atoms with Gasteiger partial charge in [0.15, 0.2) is 0 Å². The first-order valence-electron chi connectivity index (χ1n) is 8.24. The van der Waals surface area contributed by atoms with Crippen molar-refractivity contribution in [2.75, 3.05) is 6.54 Å². The number of ether oxygens (including phenoxy) is 1. The molecule has 0 aromatic heterocycles. The van der Waals surface area contributed by atoms with Crippen LogP contribution in [0.3, 0.4) is 0 Å². The Labute approximate surface area is 142 Å². The molecule has 0 spiro atoms. The first-order valence-corrected chi connectivity index (χ1v) is 8.24. The summed E-state index contributed by atoms with van der Waals surface area (Å²) in [7, 11) is 0. The smallest absolute Gasteiger partial charge is 0.414 e. The van der Waals surface area contributed by atoms with Crippen LogP contribution >= 0.6 is 0 Å². The highest BCUT2D eigenvalue weighted by Gasteiger charge is 2.20. The molecule has 0 unspecified atom stereocenters. The number of nitrogens with zero attached hydrogens (tertiary/aromatic N) is 1. The lowest BCUT2D eigenvalue weighted by atomic mass is 10.1. The molecule has 1 aliphatic heterocycles. The third kappa shape index (κ3) is 4.35. The molecular formula is C21H21NO2. The lowest BCUT2D eigenvalue weighted by Crippen LogP contribution is -2.33. The second kappa shape index (κ2) is 8.16. The highest BCUT2D eigenvalue weighted by atomic mass is 16.6. The van der Waals surface area contributed by atoms with Crippen molar-refractivity contribution in [1.29, 1.82) is 0 Å². The van der Waals surface area contributed by atoms with Gasteiger partial charge in [0, 0.05) is 12.2 Å². The maximum absolute atomic E-state index is 12.4. The lowest BCUT2D eigenvalue weighted by molar-refractivity contribution is 0.106. The quantitative estimate of drug-likeness (QED) is 0.792. The van der Waals surface area contributed by atoms with Crippen LogP contribution in [0.4, 0.5) is 4.79 Å². The SMILES string of the molecule is O=C(OCc1ccccc1)N1CCCC=C1/C=C/c1ccccc1. The maximum atomic E-state index is 12.4. The molecule has 0 bridgehead atoms. The molecule has 0 atom stereocenters. The molecular weight excluding hydrogens is 298 g/mol. The van der Waals surface area contributed by atoms with Gasteiger partial charge in [-0.1, -0.05) is 72.8 Å². The number of carbonyl (C=O) groups is 1. The zero-order chi connectivity index (χ0) is 16.6. The van der Waals surface area contributed by atoms with Gasteiger partial charge < -0.3 is 4.74 Å². The Balaban J connectivity index is 1.64. The Morgan fingerprint density at radius 3 is 2.46 bits per heavy atom. The molecule has 0 fully saturated rings. The van der Waals surface area contributed by atoms with Crippen molar-refractivity contribution in [2.24, 2.45) is 0 Å². The highest BCUT2D eigenvalue weighted by Crippen LogP contribution is 2.19. The van der Waals surface area contributed by atoms with Crippen molar-refractivity contribution < 1.29 is 9.53 Å². The second-order valence-corrected chi connectivity index (χ2v) is 5.71. The summed E-state index contributed by atoms with van der Waals surface area (Å²) in [5, 5.41) is 0. The number of amides is 1. The maximum Gasteiger partial charge on any atom is 0.414 e. The number of benzene rings is 2. The predicted molar refractivity (Wildman–Crippen MR) is 96.1 cm³/mol. The van der Waals surface area contributed by atoms with E-state index in [9.17, 15) is 4.79 Å². The van der Waals surface area contributed by atoms with Crippen molar-refractivity contribution in [3.8, 4) is 0 Å². The number of rotatable bonds is 4. The van der Waals surface area contributed by atoms with E-state index in [0.717, 1.165) is 29.7 Å². The second-order valence-electron chi connectivity index (χ2n) is 5.71. The van der Waals surface area contributed by atoms with Gasteiger partial charge in [0.25, 0.3) is 0 Å². The van der Waals surface area contributed by atoms with Crippen molar-refractivity contribution in [3.63, 3.8) is 0 Å². The van der Waals surface area contributed by atoms with E-state index in [1.54, 1.807) is 4.90 Å². The van der Waals surface area contributed by atoms with Gasteiger partial charge in [-0.2, -0.15) is 0 Å². The average Bonchev–Trinajstić information content (AvgIpc) is 2.66. The monoisotopic (exact) mass is 319 g/mol. The molecule has 0 N–H and O–H groups in total. The Morgan fingerprint density at radius 2 is 1.71 bits per heavy atom. The molecule has 3 rings (SSSR count). The summed E-state index contributed by atoms with van der Waals surface area (Å²) in [6.07, 6.45) is 7.75. The molecule has 122 valence electrons. The summed E-state index contributed by atoms with van der Waals surface area (Å²) in [6, 6.07) is 19.8. The predicted octanol–water partition coefficient (Wildman–Crippen LogP) is 5.02. The minimum atomic E-state index is -0.289. The average molecular weight is 319 g/mol. The topological polar surface area (TPSA) is 29.5 Å². The van der Waals surface area contributed by atoms with E-state index in [2.05, 4.69) is 6.08 Å². The zero-order valence-electron chi connectivity index (χ0n) is 13.6. The van der Waals surface area contributed by atoms with Crippen LogP contribution in [0, 0.1) is 0 Å². The van der Waals surface area contributed by atoms with E-state index in [1.807, 2.05) is 72.8 Å². The summed E-state index contributed by atoms with van der Waals surface area (Å²) in [5.41, 5.74) is 3.01. The third-order valence-corrected chi connectivity index (χ3v) is 3.92. The molecule has 1 heterocycles. The number of hydrogen-bond donors (Lipinski definition) is 0. The molecule has 0 radical (unpaired) electrons. The van der Waals surface area contributed by atoms with E-state index < -0.39 is 0 Å². The van der Waals surface area contributed by atoms with Crippen LogP contribution in [0.5, 0.6) is 0 Å². The van der Waals surface area contributed by atoms with Crippen LogP contribution in [-0.4, -0.2) is 17.5 Å². The summed E-state index contributed by atoms with van der Waals surface area (Å²) < 4.78 is 5.46. The van der Waals surface area contributed by atoms with Crippen molar-refractivity contribution >= 4 is 12.2 Å². The Morgan fingerprint density at radius 1 is 1.00 bits per heavy atom. The van der Waals surface area contributed by atoms with Crippen LogP contribution in [0.15, 0.2) is 78.5 Å². The highest BCUT2D eigenvalue weighted by molar-refractivity contribution is 5.72. The summed E-state index contributed by atoms with van der Waals surface area (Å²) >= 11 is 0.